The van der Waals surface area contributed by atoms with Gasteiger partial charge in [0, 0.05) is 13.8 Å². The maximum Gasteiger partial charge on any atom is 0.364 e. The highest BCUT2D eigenvalue weighted by Crippen LogP contribution is 2.38. The van der Waals surface area contributed by atoms with Gasteiger partial charge in [0.05, 0.1) is 32.3 Å². The lowest BCUT2D eigenvalue weighted by Crippen LogP contribution is -2.71. The van der Waals surface area contributed by atoms with Gasteiger partial charge in [-0.25, -0.2) is 4.79 Å². The van der Waals surface area contributed by atoms with Crippen LogP contribution in [0.15, 0.2) is 0 Å². The van der Waals surface area contributed by atoms with Crippen LogP contribution in [0.4, 0.5) is 0 Å². The number of carbonyl (C=O) groups excluding carboxylic acids is 3. The molecule has 12 N–H and O–H groups in total. The molecule has 2 saturated heterocycles. The number of aldehydes is 1. The number of aliphatic hydroxyl groups excluding tert-OH is 10. The van der Waals surface area contributed by atoms with Gasteiger partial charge >= 0.3 is 11.9 Å². The maximum absolute atomic E-state index is 12.8. The van der Waals surface area contributed by atoms with E-state index in [-0.39, 0.29) is 6.29 Å². The van der Waals surface area contributed by atoms with Crippen molar-refractivity contribution in [3.05, 3.63) is 0 Å². The molecular weight excluding hydrogens is 634 g/mol. The van der Waals surface area contributed by atoms with Gasteiger partial charge in [-0.2, -0.15) is 0 Å². The van der Waals surface area contributed by atoms with Gasteiger partial charge in [-0.15, -0.1) is 0 Å². The van der Waals surface area contributed by atoms with Crippen LogP contribution >= 0.6 is 0 Å². The van der Waals surface area contributed by atoms with Crippen LogP contribution in [0.5, 0.6) is 0 Å². The average molecular weight is 676 g/mol. The minimum absolute atomic E-state index is 0.140. The average Bonchev–Trinajstić information content (AvgIpc) is 3.01. The third-order valence-electron chi connectivity index (χ3n) is 7.31. The SMILES string of the molecule is CC(=O)N[C@H]1[C@H]([C@H](O)[C@H](O)CO)O[C@@](O[C@H]2[C@@H](O)[C@@H](CO)O[C@@H](O[C@@H]([C@H](O)[C@@H](O)C=O)[C@H](O)CO)[C@@H]2O)(C(=O)O)C[C@@H]1OC(C)=O. The Morgan fingerprint density at radius 1 is 1.00 bits per heavy atom. The van der Waals surface area contributed by atoms with Crippen molar-refractivity contribution in [2.45, 2.75) is 112 Å². The summed E-state index contributed by atoms with van der Waals surface area (Å²) in [5.41, 5.74) is 0. The fraction of sp³-hybridized carbons (Fsp3) is 0.840. The van der Waals surface area contributed by atoms with Crippen molar-refractivity contribution in [3.8, 4) is 0 Å². The molecule has 0 unspecified atom stereocenters. The van der Waals surface area contributed by atoms with Gasteiger partial charge in [-0.05, 0) is 0 Å². The van der Waals surface area contributed by atoms with Crippen molar-refractivity contribution in [2.75, 3.05) is 19.8 Å². The van der Waals surface area contributed by atoms with Crippen LogP contribution < -0.4 is 5.32 Å². The summed E-state index contributed by atoms with van der Waals surface area (Å²) in [6.07, 6.45) is -28.1. The molecule has 2 fully saturated rings. The van der Waals surface area contributed by atoms with E-state index in [4.69, 9.17) is 23.7 Å². The van der Waals surface area contributed by atoms with E-state index in [0.717, 1.165) is 13.8 Å². The van der Waals surface area contributed by atoms with Gasteiger partial charge in [0.15, 0.2) is 12.6 Å². The number of nitrogens with one attached hydrogen (secondary N) is 1. The second-order valence-electron chi connectivity index (χ2n) is 10.7. The van der Waals surface area contributed by atoms with Gasteiger partial charge in [0.2, 0.25) is 5.91 Å². The van der Waals surface area contributed by atoms with Crippen LogP contribution in [0.1, 0.15) is 20.3 Å². The first-order valence-electron chi connectivity index (χ1n) is 13.9. The molecule has 0 aromatic heterocycles. The molecule has 15 atom stereocenters. The fourth-order valence-electron chi connectivity index (χ4n) is 5.01. The summed E-state index contributed by atoms with van der Waals surface area (Å²) < 4.78 is 26.9. The van der Waals surface area contributed by atoms with Crippen LogP contribution in [0, 0.1) is 0 Å². The highest BCUT2D eigenvalue weighted by molar-refractivity contribution is 5.77. The molecule has 21 heteroatoms. The molecular formula is C25H41NO20. The third-order valence-corrected chi connectivity index (χ3v) is 7.31. The zero-order chi connectivity index (χ0) is 35.1. The highest BCUT2D eigenvalue weighted by Gasteiger charge is 2.60. The molecule has 0 aliphatic carbocycles. The fourth-order valence-corrected chi connectivity index (χ4v) is 5.01. The normalized spacial score (nSPS) is 35.6. The second-order valence-corrected chi connectivity index (χ2v) is 10.7. The Kier molecular flexibility index (Phi) is 14.7. The van der Waals surface area contributed by atoms with Crippen LogP contribution in [0.3, 0.4) is 0 Å². The number of carboxylic acid groups (broad SMARTS) is 1. The lowest BCUT2D eigenvalue weighted by molar-refractivity contribution is -0.377. The zero-order valence-corrected chi connectivity index (χ0v) is 24.6. The topological polar surface area (TPSA) is 349 Å². The summed E-state index contributed by atoms with van der Waals surface area (Å²) in [5, 5.41) is 114. The number of esters is 1. The molecule has 0 radical (unpaired) electrons. The molecule has 2 heterocycles. The van der Waals surface area contributed by atoms with Gasteiger partial charge in [0.1, 0.15) is 73.2 Å². The molecule has 266 valence electrons. The number of aliphatic hydroxyl groups is 10. The molecule has 46 heavy (non-hydrogen) atoms. The number of hydrogen-bond donors (Lipinski definition) is 12. The van der Waals surface area contributed by atoms with Gasteiger partial charge in [-0.3, -0.25) is 9.59 Å². The molecule has 0 aromatic rings. The van der Waals surface area contributed by atoms with E-state index in [0.29, 0.717) is 0 Å². The predicted molar refractivity (Wildman–Crippen MR) is 141 cm³/mol. The quantitative estimate of drug-likeness (QED) is 0.0533. The third kappa shape index (κ3) is 9.11. The summed E-state index contributed by atoms with van der Waals surface area (Å²) in [6, 6.07) is -1.56. The first-order valence-corrected chi connectivity index (χ1v) is 13.9. The lowest BCUT2D eigenvalue weighted by atomic mass is 9.87. The van der Waals surface area contributed by atoms with Crippen LogP contribution in [-0.4, -0.2) is 191 Å². The molecule has 1 amide bonds. The minimum Gasteiger partial charge on any atom is -0.477 e. The Morgan fingerprint density at radius 3 is 2.09 bits per heavy atom. The Hall–Kier alpha value is -2.48. The molecule has 0 saturated carbocycles. The lowest BCUT2D eigenvalue weighted by Gasteiger charge is -2.50. The maximum atomic E-state index is 12.8. The van der Waals surface area contributed by atoms with Crippen LogP contribution in [0.25, 0.3) is 0 Å². The predicted octanol–water partition coefficient (Wildman–Crippen LogP) is -7.81. The molecule has 2 aliphatic heterocycles. The van der Waals surface area contributed by atoms with Crippen LogP contribution in [0.2, 0.25) is 0 Å². The number of hydrogen-bond acceptors (Lipinski definition) is 19. The van der Waals surface area contributed by atoms with E-state index in [1.54, 1.807) is 0 Å². The van der Waals surface area contributed by atoms with Crippen molar-refractivity contribution >= 4 is 24.1 Å². The number of rotatable bonds is 16. The Labute approximate surface area is 260 Å². The van der Waals surface area contributed by atoms with Crippen LogP contribution in [-0.2, 0) is 42.9 Å². The summed E-state index contributed by atoms with van der Waals surface area (Å²) >= 11 is 0. The highest BCUT2D eigenvalue weighted by atomic mass is 16.8. The van der Waals surface area contributed by atoms with Crippen molar-refractivity contribution in [3.63, 3.8) is 0 Å². The zero-order valence-electron chi connectivity index (χ0n) is 24.6. The van der Waals surface area contributed by atoms with E-state index in [1.807, 2.05) is 0 Å². The summed E-state index contributed by atoms with van der Waals surface area (Å²) in [6.45, 7) is -1.32. The first kappa shape index (κ1) is 39.7. The van der Waals surface area contributed by atoms with E-state index < -0.39 is 135 Å². The van der Waals surface area contributed by atoms with Crippen molar-refractivity contribution in [1.82, 2.24) is 5.32 Å². The minimum atomic E-state index is -3.11. The smallest absolute Gasteiger partial charge is 0.364 e. The van der Waals surface area contributed by atoms with Gasteiger partial charge in [0.25, 0.3) is 5.79 Å². The first-order chi connectivity index (χ1) is 21.5. The number of amides is 1. The summed E-state index contributed by atoms with van der Waals surface area (Å²) in [4.78, 5) is 47.7. The largest absolute Gasteiger partial charge is 0.477 e. The Balaban J connectivity index is 2.60. The van der Waals surface area contributed by atoms with E-state index in [1.165, 1.54) is 0 Å². The molecule has 2 aliphatic rings. The standard InChI is InChI=1S/C25H41NO20/c1-8(31)26-15-13(42-9(2)32)3-25(24(40)41,45-21(15)17(37)11(34)5-28)46-22-18(38)14(7-30)43-23(19(22)39)44-20(12(35)6-29)16(36)10(33)4-27/h4,10-23,28-30,33-39H,3,5-7H2,1-2H3,(H,26,31)(H,40,41)/t10-,11+,12+,13-,14+,15+,16+,17+,18-,19+,20+,21+,22-,23-,25-/m0/s1. The molecule has 0 spiro atoms. The molecule has 21 nitrogen and oxygen atoms in total. The monoisotopic (exact) mass is 675 g/mol. The van der Waals surface area contributed by atoms with E-state index >= 15 is 0 Å². The number of aliphatic carboxylic acids is 1. The Morgan fingerprint density at radius 2 is 1.61 bits per heavy atom. The molecule has 2 rings (SSSR count). The van der Waals surface area contributed by atoms with E-state index in [9.17, 15) is 75.3 Å². The number of carboxylic acids is 1. The van der Waals surface area contributed by atoms with Gasteiger partial charge in [-0.1, -0.05) is 0 Å². The van der Waals surface area contributed by atoms with E-state index in [2.05, 4.69) is 5.32 Å². The van der Waals surface area contributed by atoms with Gasteiger partial charge < -0.3 is 90.0 Å². The Bertz CT molecular complexity index is 1030. The van der Waals surface area contributed by atoms with Crippen molar-refractivity contribution < 1.29 is 99.0 Å². The molecule has 0 bridgehead atoms. The summed E-state index contributed by atoms with van der Waals surface area (Å²) in [5.74, 6) is -6.93. The number of carbonyl (C=O) groups is 4. The summed E-state index contributed by atoms with van der Waals surface area (Å²) in [7, 11) is 0. The van der Waals surface area contributed by atoms with Crippen molar-refractivity contribution in [1.29, 1.82) is 0 Å². The number of ether oxygens (including phenoxy) is 5. The molecule has 0 aromatic carbocycles. The van der Waals surface area contributed by atoms with Crippen molar-refractivity contribution in [2.24, 2.45) is 0 Å². The second kappa shape index (κ2) is 17.1.